The lowest BCUT2D eigenvalue weighted by molar-refractivity contribution is 0.266. The average molecular weight is 350 g/mol. The third-order valence-corrected chi connectivity index (χ3v) is 3.88. The van der Waals surface area contributed by atoms with Gasteiger partial charge in [0.2, 0.25) is 0 Å². The van der Waals surface area contributed by atoms with Crippen molar-refractivity contribution in [1.29, 1.82) is 0 Å². The zero-order valence-corrected chi connectivity index (χ0v) is 13.7. The summed E-state index contributed by atoms with van der Waals surface area (Å²) in [6.45, 7) is 3.65. The largest absolute Gasteiger partial charge is 0.490 e. The first kappa shape index (κ1) is 15.9. The van der Waals surface area contributed by atoms with Gasteiger partial charge in [-0.3, -0.25) is 0 Å². The summed E-state index contributed by atoms with van der Waals surface area (Å²) in [5.41, 5.74) is 7.86. The summed E-state index contributed by atoms with van der Waals surface area (Å²) in [6.07, 6.45) is 0.770. The van der Waals surface area contributed by atoms with Gasteiger partial charge in [-0.05, 0) is 37.6 Å². The fourth-order valence-electron chi connectivity index (χ4n) is 2.11. The van der Waals surface area contributed by atoms with Gasteiger partial charge in [-0.25, -0.2) is 0 Å². The van der Waals surface area contributed by atoms with Gasteiger partial charge >= 0.3 is 0 Å². The molecular formula is C17H20BrNO2. The molecule has 0 amide bonds. The number of halogens is 1. The number of hydrogen-bond acceptors (Lipinski definition) is 3. The first-order valence-electron chi connectivity index (χ1n) is 7.07. The molecule has 0 radical (unpaired) electrons. The Bertz CT molecular complexity index is 563. The van der Waals surface area contributed by atoms with Crippen LogP contribution in [0.25, 0.3) is 0 Å². The average Bonchev–Trinajstić information content (AvgIpc) is 2.49. The summed E-state index contributed by atoms with van der Waals surface area (Å²) < 4.78 is 12.7. The number of rotatable bonds is 7. The lowest BCUT2D eigenvalue weighted by Gasteiger charge is -2.16. The Morgan fingerprint density at radius 2 is 1.76 bits per heavy atom. The van der Waals surface area contributed by atoms with Crippen LogP contribution in [0.2, 0.25) is 0 Å². The van der Waals surface area contributed by atoms with Crippen LogP contribution < -0.4 is 15.2 Å². The lowest BCUT2D eigenvalue weighted by Crippen LogP contribution is -2.07. The van der Waals surface area contributed by atoms with Crippen LogP contribution in [0.3, 0.4) is 0 Å². The molecule has 0 aromatic heterocycles. The Balaban J connectivity index is 2.22. The van der Waals surface area contributed by atoms with Crippen molar-refractivity contribution >= 4 is 15.9 Å². The normalized spacial score (nSPS) is 10.4. The van der Waals surface area contributed by atoms with Crippen LogP contribution in [0.15, 0.2) is 46.9 Å². The van der Waals surface area contributed by atoms with Crippen LogP contribution >= 0.6 is 15.9 Å². The first-order chi connectivity index (χ1) is 10.3. The van der Waals surface area contributed by atoms with Crippen LogP contribution in [0.4, 0.5) is 0 Å². The number of hydrogen-bond donors (Lipinski definition) is 1. The molecular weight excluding hydrogens is 330 g/mol. The molecule has 2 aromatic rings. The minimum absolute atomic E-state index is 0.489. The van der Waals surface area contributed by atoms with Gasteiger partial charge in [0.1, 0.15) is 6.61 Å². The molecule has 2 rings (SSSR count). The summed E-state index contributed by atoms with van der Waals surface area (Å²) in [6, 6.07) is 14.0. The van der Waals surface area contributed by atoms with Crippen molar-refractivity contribution in [2.75, 3.05) is 13.2 Å². The molecule has 2 aromatic carbocycles. The van der Waals surface area contributed by atoms with Crippen LogP contribution in [-0.2, 0) is 13.0 Å². The topological polar surface area (TPSA) is 44.5 Å². The van der Waals surface area contributed by atoms with Crippen LogP contribution in [0.5, 0.6) is 11.5 Å². The fraction of sp³-hybridized carbons (Fsp3) is 0.294. The van der Waals surface area contributed by atoms with E-state index in [1.807, 2.05) is 49.4 Å². The van der Waals surface area contributed by atoms with Crippen LogP contribution in [0, 0.1) is 0 Å². The zero-order valence-electron chi connectivity index (χ0n) is 12.1. The van der Waals surface area contributed by atoms with Gasteiger partial charge in [-0.15, -0.1) is 0 Å². The molecule has 2 N–H and O–H groups in total. The molecule has 0 heterocycles. The van der Waals surface area contributed by atoms with Gasteiger partial charge < -0.3 is 15.2 Å². The highest BCUT2D eigenvalue weighted by Gasteiger charge is 2.11. The third-order valence-electron chi connectivity index (χ3n) is 3.10. The molecule has 0 aliphatic rings. The number of nitrogens with two attached hydrogens (primary N) is 1. The Morgan fingerprint density at radius 3 is 2.48 bits per heavy atom. The van der Waals surface area contributed by atoms with E-state index in [-0.39, 0.29) is 0 Å². The van der Waals surface area contributed by atoms with Crippen molar-refractivity contribution in [3.63, 3.8) is 0 Å². The number of ether oxygens (including phenoxy) is 2. The number of benzene rings is 2. The van der Waals surface area contributed by atoms with Crippen LogP contribution in [-0.4, -0.2) is 13.2 Å². The molecule has 3 nitrogen and oxygen atoms in total. The van der Waals surface area contributed by atoms with E-state index in [1.54, 1.807) is 0 Å². The van der Waals surface area contributed by atoms with Gasteiger partial charge in [0, 0.05) is 10.0 Å². The highest BCUT2D eigenvalue weighted by Crippen LogP contribution is 2.33. The van der Waals surface area contributed by atoms with Gasteiger partial charge in [0.05, 0.1) is 6.61 Å². The van der Waals surface area contributed by atoms with Gasteiger partial charge in [0.15, 0.2) is 11.5 Å². The molecule has 4 heteroatoms. The van der Waals surface area contributed by atoms with E-state index in [9.17, 15) is 0 Å². The highest BCUT2D eigenvalue weighted by molar-refractivity contribution is 9.10. The molecule has 0 aliphatic heterocycles. The van der Waals surface area contributed by atoms with E-state index in [1.165, 1.54) is 0 Å². The van der Waals surface area contributed by atoms with E-state index in [0.29, 0.717) is 19.8 Å². The summed E-state index contributed by atoms with van der Waals surface area (Å²) in [7, 11) is 0. The molecule has 0 atom stereocenters. The second-order valence-electron chi connectivity index (χ2n) is 4.60. The maximum atomic E-state index is 6.03. The van der Waals surface area contributed by atoms with Crippen molar-refractivity contribution in [1.82, 2.24) is 0 Å². The molecule has 0 spiro atoms. The molecule has 0 fully saturated rings. The molecule has 0 saturated heterocycles. The summed E-state index contributed by atoms with van der Waals surface area (Å²) >= 11 is 3.54. The maximum Gasteiger partial charge on any atom is 0.164 e. The molecule has 112 valence electrons. The van der Waals surface area contributed by atoms with Crippen molar-refractivity contribution in [2.45, 2.75) is 20.0 Å². The SMILES string of the molecule is CCOc1cccc(CCN)c1OCc1ccccc1Br. The molecule has 0 bridgehead atoms. The second kappa shape index (κ2) is 8.05. The van der Waals surface area contributed by atoms with Gasteiger partial charge in [-0.1, -0.05) is 46.3 Å². The molecule has 0 unspecified atom stereocenters. The van der Waals surface area contributed by atoms with E-state index in [0.717, 1.165) is 33.5 Å². The van der Waals surface area contributed by atoms with E-state index in [2.05, 4.69) is 15.9 Å². The van der Waals surface area contributed by atoms with Crippen molar-refractivity contribution in [3.8, 4) is 11.5 Å². The zero-order chi connectivity index (χ0) is 15.1. The minimum Gasteiger partial charge on any atom is -0.490 e. The first-order valence-corrected chi connectivity index (χ1v) is 7.86. The number of para-hydroxylation sites is 1. The monoisotopic (exact) mass is 349 g/mol. The fourth-order valence-corrected chi connectivity index (χ4v) is 2.51. The molecule has 21 heavy (non-hydrogen) atoms. The quantitative estimate of drug-likeness (QED) is 0.823. The van der Waals surface area contributed by atoms with Gasteiger partial charge in [0.25, 0.3) is 0 Å². The Hall–Kier alpha value is -1.52. The Morgan fingerprint density at radius 1 is 1.00 bits per heavy atom. The minimum atomic E-state index is 0.489. The predicted octanol–water partition coefficient (Wildman–Crippen LogP) is 3.93. The summed E-state index contributed by atoms with van der Waals surface area (Å²) in [4.78, 5) is 0. The third kappa shape index (κ3) is 4.22. The van der Waals surface area contributed by atoms with Gasteiger partial charge in [-0.2, -0.15) is 0 Å². The molecule has 0 aliphatic carbocycles. The lowest BCUT2D eigenvalue weighted by atomic mass is 10.1. The smallest absolute Gasteiger partial charge is 0.164 e. The maximum absolute atomic E-state index is 6.03. The predicted molar refractivity (Wildman–Crippen MR) is 88.8 cm³/mol. The van der Waals surface area contributed by atoms with Crippen molar-refractivity contribution < 1.29 is 9.47 Å². The molecule has 0 saturated carbocycles. The highest BCUT2D eigenvalue weighted by atomic mass is 79.9. The Kier molecular flexibility index (Phi) is 6.08. The van der Waals surface area contributed by atoms with E-state index < -0.39 is 0 Å². The summed E-state index contributed by atoms with van der Waals surface area (Å²) in [5, 5.41) is 0. The second-order valence-corrected chi connectivity index (χ2v) is 5.45. The standard InChI is InChI=1S/C17H20BrNO2/c1-2-20-16-9-5-7-13(10-11-19)17(16)21-12-14-6-3-4-8-15(14)18/h3-9H,2,10-12,19H2,1H3. The summed E-state index contributed by atoms with van der Waals surface area (Å²) in [5.74, 6) is 1.57. The van der Waals surface area contributed by atoms with Crippen molar-refractivity contribution in [3.05, 3.63) is 58.1 Å². The van der Waals surface area contributed by atoms with E-state index in [4.69, 9.17) is 15.2 Å². The Labute approximate surface area is 134 Å². The van der Waals surface area contributed by atoms with Crippen molar-refractivity contribution in [2.24, 2.45) is 5.73 Å². The van der Waals surface area contributed by atoms with Crippen LogP contribution in [0.1, 0.15) is 18.1 Å². The van der Waals surface area contributed by atoms with E-state index >= 15 is 0 Å².